The highest BCUT2D eigenvalue weighted by atomic mass is 35.5. The number of hydrogen-bond donors (Lipinski definition) is 1. The summed E-state index contributed by atoms with van der Waals surface area (Å²) in [6.45, 7) is 0.504. The molecule has 4 nitrogen and oxygen atoms in total. The van der Waals surface area contributed by atoms with Crippen molar-refractivity contribution in [1.82, 2.24) is 0 Å². The van der Waals surface area contributed by atoms with E-state index in [1.54, 1.807) is 39.5 Å². The number of anilines is 1. The maximum atomic E-state index is 6.15. The Labute approximate surface area is 139 Å². The predicted octanol–water partition coefficient (Wildman–Crippen LogP) is 4.63. The molecule has 2 rings (SSSR count). The summed E-state index contributed by atoms with van der Waals surface area (Å²) in [4.78, 5) is 0. The van der Waals surface area contributed by atoms with E-state index in [-0.39, 0.29) is 0 Å². The van der Waals surface area contributed by atoms with Gasteiger partial charge in [-0.2, -0.15) is 0 Å². The van der Waals surface area contributed by atoms with Gasteiger partial charge in [0.15, 0.2) is 11.5 Å². The fraction of sp³-hybridized carbons (Fsp3) is 0.250. The van der Waals surface area contributed by atoms with Gasteiger partial charge in [-0.15, -0.1) is 0 Å². The van der Waals surface area contributed by atoms with Gasteiger partial charge in [-0.3, -0.25) is 0 Å². The Bertz CT molecular complexity index is 662. The molecule has 0 radical (unpaired) electrons. The van der Waals surface area contributed by atoms with Crippen LogP contribution in [0.25, 0.3) is 0 Å². The van der Waals surface area contributed by atoms with Crippen LogP contribution in [0, 0.1) is 0 Å². The van der Waals surface area contributed by atoms with E-state index < -0.39 is 0 Å². The summed E-state index contributed by atoms with van der Waals surface area (Å²) in [7, 11) is 4.75. The van der Waals surface area contributed by atoms with E-state index in [9.17, 15) is 0 Å². The fourth-order valence-corrected chi connectivity index (χ4v) is 2.48. The van der Waals surface area contributed by atoms with Gasteiger partial charge in [0.2, 0.25) is 5.75 Å². The zero-order valence-corrected chi connectivity index (χ0v) is 14.1. The second-order valence-electron chi connectivity index (χ2n) is 4.47. The molecule has 0 aliphatic rings. The Morgan fingerprint density at radius 1 is 0.909 bits per heavy atom. The van der Waals surface area contributed by atoms with Crippen LogP contribution in [-0.4, -0.2) is 21.3 Å². The van der Waals surface area contributed by atoms with E-state index in [0.717, 1.165) is 11.3 Å². The third kappa shape index (κ3) is 3.51. The lowest BCUT2D eigenvalue weighted by atomic mass is 10.1. The number of halogens is 2. The number of hydrogen-bond acceptors (Lipinski definition) is 4. The number of ether oxygens (including phenoxy) is 3. The lowest BCUT2D eigenvalue weighted by molar-refractivity contribution is 0.322. The maximum absolute atomic E-state index is 6.15. The zero-order valence-electron chi connectivity index (χ0n) is 12.6. The molecule has 0 atom stereocenters. The van der Waals surface area contributed by atoms with Crippen LogP contribution in [0.5, 0.6) is 17.2 Å². The van der Waals surface area contributed by atoms with Crippen LogP contribution >= 0.6 is 23.2 Å². The first kappa shape index (κ1) is 16.6. The Morgan fingerprint density at radius 3 is 2.27 bits per heavy atom. The van der Waals surface area contributed by atoms with Crippen LogP contribution in [-0.2, 0) is 6.54 Å². The van der Waals surface area contributed by atoms with Gasteiger partial charge in [0.05, 0.1) is 32.0 Å². The van der Waals surface area contributed by atoms with Gasteiger partial charge in [-0.1, -0.05) is 23.2 Å². The zero-order chi connectivity index (χ0) is 16.1. The third-order valence-electron chi connectivity index (χ3n) is 3.18. The van der Waals surface area contributed by atoms with Crippen molar-refractivity contribution in [2.45, 2.75) is 6.54 Å². The quantitative estimate of drug-likeness (QED) is 0.831. The standard InChI is InChI=1S/C16H17Cl2NO3/c1-20-14-7-4-10(15(21-2)16(14)22-3)9-19-13-8-11(17)5-6-12(13)18/h4-8,19H,9H2,1-3H3. The Kier molecular flexibility index (Phi) is 5.63. The number of rotatable bonds is 6. The van der Waals surface area contributed by atoms with Crippen LogP contribution in [0.3, 0.4) is 0 Å². The molecule has 6 heteroatoms. The van der Waals surface area contributed by atoms with Crippen LogP contribution in [0.15, 0.2) is 30.3 Å². The van der Waals surface area contributed by atoms with E-state index in [4.69, 9.17) is 37.4 Å². The molecule has 22 heavy (non-hydrogen) atoms. The maximum Gasteiger partial charge on any atom is 0.203 e. The highest BCUT2D eigenvalue weighted by Gasteiger charge is 2.15. The van der Waals surface area contributed by atoms with Crippen LogP contribution in [0.2, 0.25) is 10.0 Å². The third-order valence-corrected chi connectivity index (χ3v) is 3.75. The molecule has 0 fully saturated rings. The first-order valence-electron chi connectivity index (χ1n) is 6.57. The minimum Gasteiger partial charge on any atom is -0.493 e. The summed E-state index contributed by atoms with van der Waals surface area (Å²) in [5, 5.41) is 4.46. The van der Waals surface area contributed by atoms with Crippen LogP contribution < -0.4 is 19.5 Å². The lowest BCUT2D eigenvalue weighted by Gasteiger charge is -2.16. The minimum atomic E-state index is 0.504. The molecule has 0 saturated heterocycles. The van der Waals surface area contributed by atoms with Gasteiger partial charge in [-0.05, 0) is 30.3 Å². The van der Waals surface area contributed by atoms with Crippen molar-refractivity contribution in [3.63, 3.8) is 0 Å². The van der Waals surface area contributed by atoms with E-state index in [2.05, 4.69) is 5.32 Å². The summed E-state index contributed by atoms with van der Waals surface area (Å²) in [6.07, 6.45) is 0. The summed E-state index contributed by atoms with van der Waals surface area (Å²) >= 11 is 12.1. The van der Waals surface area contributed by atoms with Gasteiger partial charge in [0.25, 0.3) is 0 Å². The number of methoxy groups -OCH3 is 3. The van der Waals surface area contributed by atoms with Crippen molar-refractivity contribution >= 4 is 28.9 Å². The molecular formula is C16H17Cl2NO3. The monoisotopic (exact) mass is 341 g/mol. The second-order valence-corrected chi connectivity index (χ2v) is 5.31. The molecule has 0 amide bonds. The number of benzene rings is 2. The summed E-state index contributed by atoms with van der Waals surface area (Å²) < 4.78 is 16.1. The topological polar surface area (TPSA) is 39.7 Å². The largest absolute Gasteiger partial charge is 0.493 e. The van der Waals surface area contributed by atoms with Gasteiger partial charge in [-0.25, -0.2) is 0 Å². The normalized spacial score (nSPS) is 10.2. The molecule has 2 aromatic carbocycles. The average molecular weight is 342 g/mol. The highest BCUT2D eigenvalue weighted by molar-refractivity contribution is 6.35. The molecule has 0 spiro atoms. The molecule has 0 aromatic heterocycles. The van der Waals surface area contributed by atoms with Crippen molar-refractivity contribution in [3.8, 4) is 17.2 Å². The lowest BCUT2D eigenvalue weighted by Crippen LogP contribution is -2.04. The molecule has 2 aromatic rings. The SMILES string of the molecule is COc1ccc(CNc2cc(Cl)ccc2Cl)c(OC)c1OC. The van der Waals surface area contributed by atoms with E-state index in [1.807, 2.05) is 12.1 Å². The van der Waals surface area contributed by atoms with Crippen molar-refractivity contribution in [2.24, 2.45) is 0 Å². The van der Waals surface area contributed by atoms with E-state index in [1.165, 1.54) is 0 Å². The van der Waals surface area contributed by atoms with E-state index >= 15 is 0 Å². The first-order chi connectivity index (χ1) is 10.6. The van der Waals surface area contributed by atoms with Crippen molar-refractivity contribution < 1.29 is 14.2 Å². The fourth-order valence-electron chi connectivity index (χ4n) is 2.13. The van der Waals surface area contributed by atoms with Gasteiger partial charge >= 0.3 is 0 Å². The molecule has 0 heterocycles. The van der Waals surface area contributed by atoms with Crippen LogP contribution in [0.4, 0.5) is 5.69 Å². The van der Waals surface area contributed by atoms with Crippen molar-refractivity contribution in [2.75, 3.05) is 26.6 Å². The summed E-state index contributed by atoms with van der Waals surface area (Å²) in [6, 6.07) is 9.00. The first-order valence-corrected chi connectivity index (χ1v) is 7.33. The van der Waals surface area contributed by atoms with E-state index in [0.29, 0.717) is 33.8 Å². The Hall–Kier alpha value is -1.78. The van der Waals surface area contributed by atoms with Crippen LogP contribution in [0.1, 0.15) is 5.56 Å². The molecule has 0 saturated carbocycles. The Balaban J connectivity index is 2.28. The van der Waals surface area contributed by atoms with Gasteiger partial charge in [0.1, 0.15) is 0 Å². The average Bonchev–Trinajstić information content (AvgIpc) is 2.54. The van der Waals surface area contributed by atoms with Gasteiger partial charge in [0, 0.05) is 17.1 Å². The molecular weight excluding hydrogens is 325 g/mol. The highest BCUT2D eigenvalue weighted by Crippen LogP contribution is 2.40. The van der Waals surface area contributed by atoms with Crippen molar-refractivity contribution in [1.29, 1.82) is 0 Å². The molecule has 0 aliphatic heterocycles. The minimum absolute atomic E-state index is 0.504. The Morgan fingerprint density at radius 2 is 1.64 bits per heavy atom. The second kappa shape index (κ2) is 7.47. The van der Waals surface area contributed by atoms with Crippen molar-refractivity contribution in [3.05, 3.63) is 45.9 Å². The summed E-state index contributed by atoms with van der Waals surface area (Å²) in [5.74, 6) is 1.79. The summed E-state index contributed by atoms with van der Waals surface area (Å²) in [5.41, 5.74) is 1.67. The number of nitrogens with one attached hydrogen (secondary N) is 1. The predicted molar refractivity (Wildman–Crippen MR) is 89.9 cm³/mol. The smallest absolute Gasteiger partial charge is 0.203 e. The molecule has 0 unspecified atom stereocenters. The molecule has 118 valence electrons. The molecule has 0 aliphatic carbocycles. The molecule has 1 N–H and O–H groups in total. The van der Waals surface area contributed by atoms with Gasteiger partial charge < -0.3 is 19.5 Å². The molecule has 0 bridgehead atoms.